The normalized spacial score (nSPS) is 20.2. The molecule has 0 aromatic heterocycles. The minimum atomic E-state index is -5.07. The highest BCUT2D eigenvalue weighted by atomic mass is 32.2. The molecule has 110 valence electrons. The van der Waals surface area contributed by atoms with Gasteiger partial charge in [0.05, 0.1) is 7.11 Å². The zero-order chi connectivity index (χ0) is 20.8. The van der Waals surface area contributed by atoms with E-state index >= 15 is 0 Å². The topological polar surface area (TPSA) is 89.9 Å². The number of carbonyl (C=O) groups is 3. The number of ether oxygens (including phenoxy) is 1. The van der Waals surface area contributed by atoms with E-state index in [2.05, 4.69) is 9.10 Å². The Labute approximate surface area is 130 Å². The molecule has 0 saturated heterocycles. The number of methoxy groups -OCH3 is 1. The van der Waals surface area contributed by atoms with Crippen LogP contribution in [0.2, 0.25) is 0 Å². The molecule has 0 bridgehead atoms. The molecule has 1 aromatic rings. The van der Waals surface area contributed by atoms with Gasteiger partial charge in [0.15, 0.2) is 0 Å². The summed E-state index contributed by atoms with van der Waals surface area (Å²) in [5.41, 5.74) is -2.48. The van der Waals surface area contributed by atoms with Crippen molar-refractivity contribution in [1.29, 1.82) is 0 Å². The lowest BCUT2D eigenvalue weighted by molar-refractivity contribution is -0.135. The second-order valence-corrected chi connectivity index (χ2v) is 5.27. The summed E-state index contributed by atoms with van der Waals surface area (Å²) < 4.78 is 64.3. The van der Waals surface area contributed by atoms with Crippen LogP contribution in [0, 0.1) is 0 Å². The van der Waals surface area contributed by atoms with E-state index < -0.39 is 50.9 Å². The predicted molar refractivity (Wildman–Crippen MR) is 76.6 cm³/mol. The number of Topliss-reactive ketones (excluding diaryl/α,β-unsaturated/α-hetero) is 2. The van der Waals surface area contributed by atoms with Crippen molar-refractivity contribution in [2.75, 3.05) is 19.5 Å². The third-order valence-corrected chi connectivity index (χ3v) is 3.14. The SMILES string of the molecule is [2H]C([2H])([2H])S(=O)(=NC1=C(C(=O)OC)C(=O)c2ccccc2C1=O)C([2H])([2H])[2H]. The van der Waals surface area contributed by atoms with Crippen molar-refractivity contribution in [2.24, 2.45) is 4.36 Å². The molecule has 0 N–H and O–H groups in total. The van der Waals surface area contributed by atoms with Gasteiger partial charge in [-0.05, 0) is 0 Å². The van der Waals surface area contributed by atoms with E-state index in [9.17, 15) is 18.6 Å². The first-order chi connectivity index (χ1) is 12.3. The molecule has 0 aliphatic heterocycles. The standard InChI is InChI=1S/C14H13NO5S/c1-20-14(18)10-11(15-21(2,3)19)13(17)9-7-5-4-6-8(9)12(10)16/h4-7H,1-3H3/i2D3,3D3. The fraction of sp³-hybridized carbons (Fsp3) is 0.214. The van der Waals surface area contributed by atoms with Crippen molar-refractivity contribution in [1.82, 2.24) is 0 Å². The number of benzene rings is 1. The summed E-state index contributed by atoms with van der Waals surface area (Å²) in [6.07, 6.45) is -7.24. The number of allylic oxidation sites excluding steroid dienone is 1. The lowest BCUT2D eigenvalue weighted by Gasteiger charge is -2.17. The minimum Gasteiger partial charge on any atom is -0.465 e. The van der Waals surface area contributed by atoms with E-state index in [0.29, 0.717) is 0 Å². The number of fused-ring (bicyclic) bond motifs is 1. The molecule has 0 spiro atoms. The molecule has 0 radical (unpaired) electrons. The van der Waals surface area contributed by atoms with Gasteiger partial charge in [-0.2, -0.15) is 4.36 Å². The number of rotatable bonds is 2. The maximum absolute atomic E-state index is 12.8. The molecule has 6 nitrogen and oxygen atoms in total. The van der Waals surface area contributed by atoms with Gasteiger partial charge in [0.2, 0.25) is 11.6 Å². The lowest BCUT2D eigenvalue weighted by atomic mass is 9.87. The van der Waals surface area contributed by atoms with Crippen LogP contribution in [0.3, 0.4) is 0 Å². The van der Waals surface area contributed by atoms with Crippen molar-refractivity contribution in [3.63, 3.8) is 0 Å². The van der Waals surface area contributed by atoms with E-state index in [1.54, 1.807) is 0 Å². The molecule has 2 rings (SSSR count). The summed E-state index contributed by atoms with van der Waals surface area (Å²) >= 11 is 0. The molecule has 0 saturated carbocycles. The quantitative estimate of drug-likeness (QED) is 0.605. The van der Waals surface area contributed by atoms with Crippen LogP contribution in [-0.4, -0.2) is 41.2 Å². The predicted octanol–water partition coefficient (Wildman–Crippen LogP) is 1.22. The molecule has 7 heteroatoms. The van der Waals surface area contributed by atoms with Gasteiger partial charge in [-0.15, -0.1) is 0 Å². The number of nitrogens with zero attached hydrogens (tertiary/aromatic N) is 1. The first-order valence-corrected chi connectivity index (χ1v) is 7.05. The number of ketones is 2. The smallest absolute Gasteiger partial charge is 0.344 e. The van der Waals surface area contributed by atoms with Gasteiger partial charge in [-0.25, -0.2) is 9.00 Å². The molecular formula is C14H13NO5S. The maximum atomic E-state index is 12.8. The van der Waals surface area contributed by atoms with E-state index in [0.717, 1.165) is 7.11 Å². The average Bonchev–Trinajstić information content (AvgIpc) is 2.57. The summed E-state index contributed by atoms with van der Waals surface area (Å²) in [7, 11) is -4.17. The van der Waals surface area contributed by atoms with Crippen LogP contribution < -0.4 is 0 Å². The average molecular weight is 313 g/mol. The molecule has 0 fully saturated rings. The molecular weight excluding hydrogens is 294 g/mol. The van der Waals surface area contributed by atoms with Gasteiger partial charge in [0, 0.05) is 41.4 Å². The van der Waals surface area contributed by atoms with Crippen molar-refractivity contribution in [2.45, 2.75) is 0 Å². The molecule has 0 atom stereocenters. The van der Waals surface area contributed by atoms with Crippen LogP contribution in [0.1, 0.15) is 28.9 Å². The largest absolute Gasteiger partial charge is 0.465 e. The van der Waals surface area contributed by atoms with Crippen molar-refractivity contribution >= 4 is 27.3 Å². The van der Waals surface area contributed by atoms with Gasteiger partial charge in [0.25, 0.3) is 0 Å². The molecule has 0 unspecified atom stereocenters. The minimum absolute atomic E-state index is 0.170. The summed E-state index contributed by atoms with van der Waals surface area (Å²) in [5.74, 6) is -3.46. The lowest BCUT2D eigenvalue weighted by Crippen LogP contribution is -2.27. The molecule has 1 aromatic carbocycles. The second-order valence-electron chi connectivity index (χ2n) is 4.04. The summed E-state index contributed by atoms with van der Waals surface area (Å²) in [6.45, 7) is 0. The highest BCUT2D eigenvalue weighted by Gasteiger charge is 2.36. The zero-order valence-electron chi connectivity index (χ0n) is 16.7. The van der Waals surface area contributed by atoms with Crippen molar-refractivity contribution in [3.8, 4) is 0 Å². The molecule has 21 heavy (non-hydrogen) atoms. The van der Waals surface area contributed by atoms with Crippen molar-refractivity contribution in [3.05, 3.63) is 46.7 Å². The van der Waals surface area contributed by atoms with Gasteiger partial charge in [-0.1, -0.05) is 24.3 Å². The molecule has 0 amide bonds. The highest BCUT2D eigenvalue weighted by molar-refractivity contribution is 7.92. The monoisotopic (exact) mass is 313 g/mol. The Bertz CT molecular complexity index is 978. The molecule has 1 aliphatic rings. The third kappa shape index (κ3) is 2.78. The highest BCUT2D eigenvalue weighted by Crippen LogP contribution is 2.28. The van der Waals surface area contributed by atoms with E-state index in [1.165, 1.54) is 24.3 Å². The fourth-order valence-electron chi connectivity index (χ4n) is 1.87. The van der Waals surface area contributed by atoms with Gasteiger partial charge < -0.3 is 4.74 Å². The van der Waals surface area contributed by atoms with Gasteiger partial charge in [0.1, 0.15) is 11.3 Å². The Balaban J connectivity index is 2.96. The summed E-state index contributed by atoms with van der Waals surface area (Å²) in [4.78, 5) is 37.4. The van der Waals surface area contributed by atoms with Crippen molar-refractivity contribution < 1.29 is 31.6 Å². The number of esters is 1. The third-order valence-electron chi connectivity index (χ3n) is 2.70. The Kier molecular flexibility index (Phi) is 2.22. The van der Waals surface area contributed by atoms with E-state index in [1.807, 2.05) is 0 Å². The van der Waals surface area contributed by atoms with Crippen LogP contribution in [0.5, 0.6) is 0 Å². The van der Waals surface area contributed by atoms with E-state index in [4.69, 9.17) is 8.22 Å². The maximum Gasteiger partial charge on any atom is 0.344 e. The number of carbonyl (C=O) groups excluding carboxylic acids is 3. The van der Waals surface area contributed by atoms with Crippen LogP contribution in [0.25, 0.3) is 0 Å². The molecule has 1 aliphatic carbocycles. The van der Waals surface area contributed by atoms with Gasteiger partial charge in [-0.3, -0.25) is 9.59 Å². The number of hydrogen-bond acceptors (Lipinski definition) is 6. The number of hydrogen-bond donors (Lipinski definition) is 0. The first-order valence-electron chi connectivity index (χ1n) is 8.53. The second kappa shape index (κ2) is 5.25. The Morgan fingerprint density at radius 3 is 2.29 bits per heavy atom. The fourth-order valence-corrected chi connectivity index (χ4v) is 2.30. The Hall–Kier alpha value is -2.28. The Morgan fingerprint density at radius 1 is 1.19 bits per heavy atom. The summed E-state index contributed by atoms with van der Waals surface area (Å²) in [5, 5.41) is 0. The van der Waals surface area contributed by atoms with Crippen LogP contribution in [0.15, 0.2) is 39.9 Å². The van der Waals surface area contributed by atoms with Crippen LogP contribution >= 0.6 is 0 Å². The first kappa shape index (κ1) is 8.89. The van der Waals surface area contributed by atoms with Crippen LogP contribution in [0.4, 0.5) is 0 Å². The van der Waals surface area contributed by atoms with E-state index in [-0.39, 0.29) is 11.1 Å². The summed E-state index contributed by atoms with van der Waals surface area (Å²) in [6, 6.07) is 5.29. The molecule has 0 heterocycles. The van der Waals surface area contributed by atoms with Gasteiger partial charge >= 0.3 is 5.97 Å². The Morgan fingerprint density at radius 2 is 1.76 bits per heavy atom. The van der Waals surface area contributed by atoms with Crippen LogP contribution in [-0.2, 0) is 19.3 Å². The zero-order valence-corrected chi connectivity index (χ0v) is 11.5.